The second kappa shape index (κ2) is 13.5. The molecular formula is C64H46. The first-order valence-corrected chi connectivity index (χ1v) is 22.7. The van der Waals surface area contributed by atoms with Gasteiger partial charge in [0.2, 0.25) is 0 Å². The summed E-state index contributed by atoms with van der Waals surface area (Å²) in [6.45, 7) is 9.51. The molecular weight excluding hydrogens is 769 g/mol. The van der Waals surface area contributed by atoms with E-state index in [1.165, 1.54) is 132 Å². The van der Waals surface area contributed by atoms with E-state index in [0.717, 1.165) is 0 Å². The van der Waals surface area contributed by atoms with Crippen molar-refractivity contribution in [3.8, 4) is 66.8 Å². The summed E-state index contributed by atoms with van der Waals surface area (Å²) in [5, 5.41) is 10.1. The minimum atomic E-state index is -0.108. The molecule has 0 spiro atoms. The molecule has 0 saturated carbocycles. The summed E-state index contributed by atoms with van der Waals surface area (Å²) >= 11 is 0. The number of hydrogen-bond donors (Lipinski definition) is 0. The average Bonchev–Trinajstić information content (AvgIpc) is 3.71. The third-order valence-electron chi connectivity index (χ3n) is 15.1. The molecule has 2 aliphatic rings. The Kier molecular flexibility index (Phi) is 7.80. The van der Waals surface area contributed by atoms with E-state index >= 15 is 0 Å². The molecule has 0 radical (unpaired) electrons. The molecule has 0 unspecified atom stereocenters. The molecule has 2 aliphatic carbocycles. The molecule has 0 N–H and O–H groups in total. The molecule has 0 heterocycles. The molecule has 302 valence electrons. The lowest BCUT2D eigenvalue weighted by molar-refractivity contribution is 0.660. The Bertz CT molecular complexity index is 3780. The van der Waals surface area contributed by atoms with Gasteiger partial charge in [0.15, 0.2) is 0 Å². The van der Waals surface area contributed by atoms with E-state index in [2.05, 4.69) is 234 Å². The van der Waals surface area contributed by atoms with Gasteiger partial charge in [-0.2, -0.15) is 0 Å². The van der Waals surface area contributed by atoms with Gasteiger partial charge in [-0.3, -0.25) is 0 Å². The van der Waals surface area contributed by atoms with Gasteiger partial charge in [-0.25, -0.2) is 0 Å². The Morgan fingerprint density at radius 3 is 1.36 bits per heavy atom. The highest BCUT2D eigenvalue weighted by atomic mass is 14.4. The first kappa shape index (κ1) is 37.1. The van der Waals surface area contributed by atoms with Crippen LogP contribution in [0.1, 0.15) is 49.9 Å². The standard InChI is InChI=1S/C64H46/c1-63(2)57-23-13-11-19-48(57)50-30-28-43(37-59(50)63)45-33-34-54(47-18-8-7-17-46(45)47)62-53-22-10-9-21-52(53)61(44-29-31-51-49-20-12-14-24-58(49)64(3,4)60(51)38-44)56-36-42(27-32-55(56)62)41-26-25-39-15-5-6-16-40(39)35-41/h5-38H,1-4H3. The zero-order valence-electron chi connectivity index (χ0n) is 36.6. The monoisotopic (exact) mass is 814 g/mol. The van der Waals surface area contributed by atoms with Crippen molar-refractivity contribution in [1.82, 2.24) is 0 Å². The highest BCUT2D eigenvalue weighted by Crippen LogP contribution is 2.53. The molecule has 0 nitrogen and oxygen atoms in total. The van der Waals surface area contributed by atoms with Crippen molar-refractivity contribution in [2.75, 3.05) is 0 Å². The van der Waals surface area contributed by atoms with E-state index in [0.29, 0.717) is 0 Å². The second-order valence-corrected chi connectivity index (χ2v) is 19.2. The van der Waals surface area contributed by atoms with E-state index < -0.39 is 0 Å². The van der Waals surface area contributed by atoms with Crippen molar-refractivity contribution in [2.45, 2.75) is 38.5 Å². The van der Waals surface area contributed by atoms with Crippen LogP contribution in [0.3, 0.4) is 0 Å². The van der Waals surface area contributed by atoms with Gasteiger partial charge in [0.05, 0.1) is 0 Å². The molecule has 11 aromatic carbocycles. The molecule has 0 aromatic heterocycles. The number of rotatable bonds is 4. The number of hydrogen-bond acceptors (Lipinski definition) is 0. The Morgan fingerprint density at radius 2 is 0.672 bits per heavy atom. The Hall–Kier alpha value is -7.54. The third kappa shape index (κ3) is 5.23. The van der Waals surface area contributed by atoms with E-state index in [1.807, 2.05) is 0 Å². The Balaban J connectivity index is 1.06. The molecule has 0 heteroatoms. The summed E-state index contributed by atoms with van der Waals surface area (Å²) in [6.07, 6.45) is 0. The number of fused-ring (bicyclic) bond motifs is 10. The SMILES string of the molecule is CC1(C)c2ccccc2-c2ccc(-c3ccc(-c4c5ccccc5c(-c5ccc6c(c5)C(C)(C)c5ccccc5-6)c5cc(-c6ccc7ccccc7c6)ccc45)c4ccccc34)cc21. The topological polar surface area (TPSA) is 0 Å². The van der Waals surface area contributed by atoms with Crippen molar-refractivity contribution in [3.05, 3.63) is 229 Å². The lowest BCUT2D eigenvalue weighted by Gasteiger charge is -2.24. The van der Waals surface area contributed by atoms with Crippen LogP contribution >= 0.6 is 0 Å². The highest BCUT2D eigenvalue weighted by molar-refractivity contribution is 6.24. The minimum absolute atomic E-state index is 0.0679. The van der Waals surface area contributed by atoms with E-state index in [4.69, 9.17) is 0 Å². The van der Waals surface area contributed by atoms with Gasteiger partial charge < -0.3 is 0 Å². The van der Waals surface area contributed by atoms with Crippen LogP contribution in [0.2, 0.25) is 0 Å². The van der Waals surface area contributed by atoms with E-state index in [-0.39, 0.29) is 10.8 Å². The molecule has 64 heavy (non-hydrogen) atoms. The van der Waals surface area contributed by atoms with Crippen molar-refractivity contribution in [2.24, 2.45) is 0 Å². The van der Waals surface area contributed by atoms with Gasteiger partial charge in [-0.1, -0.05) is 210 Å². The van der Waals surface area contributed by atoms with E-state index in [9.17, 15) is 0 Å². The van der Waals surface area contributed by atoms with Crippen LogP contribution < -0.4 is 0 Å². The molecule has 0 aliphatic heterocycles. The lowest BCUT2D eigenvalue weighted by atomic mass is 9.79. The summed E-state index contributed by atoms with van der Waals surface area (Å²) in [5.74, 6) is 0. The fourth-order valence-corrected chi connectivity index (χ4v) is 11.8. The molecule has 0 amide bonds. The summed E-state index contributed by atoms with van der Waals surface area (Å²) in [5.41, 5.74) is 20.8. The minimum Gasteiger partial charge on any atom is -0.0619 e. The van der Waals surface area contributed by atoms with Gasteiger partial charge in [-0.15, -0.1) is 0 Å². The quantitative estimate of drug-likeness (QED) is 0.155. The number of benzene rings is 11. The highest BCUT2D eigenvalue weighted by Gasteiger charge is 2.37. The summed E-state index contributed by atoms with van der Waals surface area (Å²) < 4.78 is 0. The normalized spacial score (nSPS) is 14.2. The summed E-state index contributed by atoms with van der Waals surface area (Å²) in [4.78, 5) is 0. The largest absolute Gasteiger partial charge is 0.0619 e. The zero-order valence-corrected chi connectivity index (χ0v) is 36.6. The fraction of sp³-hybridized carbons (Fsp3) is 0.0938. The van der Waals surface area contributed by atoms with Gasteiger partial charge in [0.25, 0.3) is 0 Å². The van der Waals surface area contributed by atoms with Gasteiger partial charge in [-0.05, 0) is 156 Å². The van der Waals surface area contributed by atoms with Gasteiger partial charge >= 0.3 is 0 Å². The molecule has 0 atom stereocenters. The maximum atomic E-state index is 2.50. The second-order valence-electron chi connectivity index (χ2n) is 19.2. The molecule has 0 fully saturated rings. The van der Waals surface area contributed by atoms with Crippen molar-refractivity contribution < 1.29 is 0 Å². The molecule has 11 aromatic rings. The van der Waals surface area contributed by atoms with Crippen LogP contribution in [0.5, 0.6) is 0 Å². The first-order chi connectivity index (χ1) is 31.3. The average molecular weight is 815 g/mol. The predicted molar refractivity (Wildman–Crippen MR) is 273 cm³/mol. The van der Waals surface area contributed by atoms with E-state index in [1.54, 1.807) is 0 Å². The predicted octanol–water partition coefficient (Wildman–Crippen LogP) is 17.6. The van der Waals surface area contributed by atoms with Gasteiger partial charge in [0, 0.05) is 10.8 Å². The molecule has 0 bridgehead atoms. The first-order valence-electron chi connectivity index (χ1n) is 22.7. The fourth-order valence-electron chi connectivity index (χ4n) is 11.8. The smallest absolute Gasteiger partial charge is 0.0159 e. The van der Waals surface area contributed by atoms with Crippen LogP contribution in [-0.4, -0.2) is 0 Å². The zero-order chi connectivity index (χ0) is 42.9. The summed E-state index contributed by atoms with van der Waals surface area (Å²) in [7, 11) is 0. The van der Waals surface area contributed by atoms with Crippen molar-refractivity contribution in [3.63, 3.8) is 0 Å². The summed E-state index contributed by atoms with van der Waals surface area (Å²) in [6, 6.07) is 78.0. The van der Waals surface area contributed by atoms with Gasteiger partial charge in [0.1, 0.15) is 0 Å². The van der Waals surface area contributed by atoms with Crippen LogP contribution in [0.4, 0.5) is 0 Å². The molecule has 13 rings (SSSR count). The maximum absolute atomic E-state index is 2.50. The Labute approximate surface area is 375 Å². The molecule has 0 saturated heterocycles. The Morgan fingerprint density at radius 1 is 0.234 bits per heavy atom. The van der Waals surface area contributed by atoms with Crippen molar-refractivity contribution >= 4 is 43.1 Å². The van der Waals surface area contributed by atoms with Crippen LogP contribution in [0.15, 0.2) is 206 Å². The van der Waals surface area contributed by atoms with Crippen LogP contribution in [0.25, 0.3) is 110 Å². The lowest BCUT2D eigenvalue weighted by Crippen LogP contribution is -2.14. The maximum Gasteiger partial charge on any atom is 0.0159 e. The third-order valence-corrected chi connectivity index (χ3v) is 15.1. The van der Waals surface area contributed by atoms with Crippen LogP contribution in [0, 0.1) is 0 Å². The van der Waals surface area contributed by atoms with Crippen molar-refractivity contribution in [1.29, 1.82) is 0 Å². The van der Waals surface area contributed by atoms with Crippen LogP contribution in [-0.2, 0) is 10.8 Å².